The summed E-state index contributed by atoms with van der Waals surface area (Å²) in [6.07, 6.45) is 0. The van der Waals surface area contributed by atoms with Gasteiger partial charge >= 0.3 is 0 Å². The van der Waals surface area contributed by atoms with Crippen LogP contribution in [0.3, 0.4) is 0 Å². The van der Waals surface area contributed by atoms with Gasteiger partial charge in [0.05, 0.1) is 11.4 Å². The Morgan fingerprint density at radius 3 is 1.06 bits per heavy atom. The minimum Gasteiger partial charge on any atom is -0.228 e. The molecule has 0 amide bonds. The molecule has 5 heteroatoms. The van der Waals surface area contributed by atoms with Crippen LogP contribution in [0.2, 0.25) is 0 Å². The van der Waals surface area contributed by atoms with Crippen LogP contribution in [-0.4, -0.2) is 24.9 Å². The third-order valence-corrected chi connectivity index (χ3v) is 8.94. The van der Waals surface area contributed by atoms with Crippen molar-refractivity contribution in [2.75, 3.05) is 0 Å². The summed E-state index contributed by atoms with van der Waals surface area (Å²) in [4.78, 5) is 25.9. The number of hydrogen-bond acceptors (Lipinski definition) is 5. The van der Waals surface area contributed by atoms with Crippen LogP contribution in [0.5, 0.6) is 0 Å². The number of rotatable bonds is 6. The van der Waals surface area contributed by atoms with Crippen molar-refractivity contribution in [3.63, 3.8) is 0 Å². The fourth-order valence-corrected chi connectivity index (χ4v) is 6.61. The highest BCUT2D eigenvalue weighted by molar-refractivity contribution is 6.20. The van der Waals surface area contributed by atoms with E-state index in [2.05, 4.69) is 78.9 Å². The van der Waals surface area contributed by atoms with Gasteiger partial charge in [0.2, 0.25) is 0 Å². The highest BCUT2D eigenvalue weighted by Gasteiger charge is 2.23. The zero-order valence-corrected chi connectivity index (χ0v) is 27.0. The number of benzene rings is 7. The summed E-state index contributed by atoms with van der Waals surface area (Å²) in [7, 11) is 0. The lowest BCUT2D eigenvalue weighted by molar-refractivity contribution is 1.08. The predicted molar refractivity (Wildman–Crippen MR) is 203 cm³/mol. The molecular formula is C45H29N5. The van der Waals surface area contributed by atoms with Crippen LogP contribution in [0.25, 0.3) is 89.6 Å². The molecule has 0 atom stereocenters. The van der Waals surface area contributed by atoms with Crippen LogP contribution in [0, 0.1) is 0 Å². The quantitative estimate of drug-likeness (QED) is 0.169. The van der Waals surface area contributed by atoms with Gasteiger partial charge in [0.25, 0.3) is 0 Å². The molecule has 0 bridgehead atoms. The zero-order chi connectivity index (χ0) is 33.3. The Morgan fingerprint density at radius 2 is 0.580 bits per heavy atom. The predicted octanol–water partition coefficient (Wildman–Crippen LogP) is 11.0. The van der Waals surface area contributed by atoms with E-state index in [1.165, 1.54) is 0 Å². The summed E-state index contributed by atoms with van der Waals surface area (Å²) in [5.74, 6) is 2.44. The first kappa shape index (κ1) is 29.3. The standard InChI is InChI=1S/C45H29N5/c1-5-17-30(18-6-1)38-29-39(47-42(46-38)31-19-7-2-8-20-31)40-36-27-15-13-25-34(36)35-26-14-16-28-37(35)41(40)45-49-43(32-21-9-3-10-22-32)48-44(50-45)33-23-11-4-12-24-33/h1-29H. The van der Waals surface area contributed by atoms with Crippen LogP contribution < -0.4 is 0 Å². The van der Waals surface area contributed by atoms with E-state index in [1.807, 2.05) is 97.1 Å². The minimum atomic E-state index is 0.579. The van der Waals surface area contributed by atoms with E-state index in [0.29, 0.717) is 23.3 Å². The third kappa shape index (κ3) is 5.37. The molecule has 0 radical (unpaired) electrons. The van der Waals surface area contributed by atoms with Crippen LogP contribution in [0.4, 0.5) is 0 Å². The highest BCUT2D eigenvalue weighted by atomic mass is 15.0. The number of fused-ring (bicyclic) bond motifs is 3. The first-order valence-corrected chi connectivity index (χ1v) is 16.6. The summed E-state index contributed by atoms with van der Waals surface area (Å²) < 4.78 is 0. The second kappa shape index (κ2) is 12.6. The molecule has 0 aliphatic carbocycles. The second-order valence-corrected chi connectivity index (χ2v) is 12.1. The average molecular weight is 640 g/mol. The van der Waals surface area contributed by atoms with Crippen molar-refractivity contribution in [2.24, 2.45) is 0 Å². The smallest absolute Gasteiger partial charge is 0.165 e. The molecule has 9 aromatic rings. The molecule has 50 heavy (non-hydrogen) atoms. The molecule has 5 nitrogen and oxygen atoms in total. The summed E-state index contributed by atoms with van der Waals surface area (Å²) in [5.41, 5.74) is 7.25. The van der Waals surface area contributed by atoms with E-state index in [0.717, 1.165) is 66.3 Å². The van der Waals surface area contributed by atoms with Crippen molar-refractivity contribution in [1.82, 2.24) is 24.9 Å². The van der Waals surface area contributed by atoms with Gasteiger partial charge in [0.15, 0.2) is 23.3 Å². The molecule has 0 spiro atoms. The Bertz CT molecular complexity index is 2320. The van der Waals surface area contributed by atoms with Crippen molar-refractivity contribution < 1.29 is 0 Å². The SMILES string of the molecule is c1ccc(-c2cc(-c3c(-c4nc(-c5ccccc5)nc(-c5ccccc5)n4)c4ccccc4c4ccccc34)nc(-c3ccccc3)n2)cc1. The molecule has 2 aromatic heterocycles. The Hall–Kier alpha value is -6.85. The fourth-order valence-electron chi connectivity index (χ4n) is 6.61. The van der Waals surface area contributed by atoms with Gasteiger partial charge in [-0.15, -0.1) is 0 Å². The van der Waals surface area contributed by atoms with Gasteiger partial charge in [-0.25, -0.2) is 24.9 Å². The minimum absolute atomic E-state index is 0.579. The van der Waals surface area contributed by atoms with Gasteiger partial charge in [-0.3, -0.25) is 0 Å². The van der Waals surface area contributed by atoms with Crippen molar-refractivity contribution in [3.05, 3.63) is 176 Å². The molecule has 0 fully saturated rings. The largest absolute Gasteiger partial charge is 0.228 e. The maximum absolute atomic E-state index is 5.32. The maximum atomic E-state index is 5.32. The van der Waals surface area contributed by atoms with Gasteiger partial charge in [-0.2, -0.15) is 0 Å². The molecule has 0 aliphatic rings. The van der Waals surface area contributed by atoms with Crippen LogP contribution >= 0.6 is 0 Å². The summed E-state index contributed by atoms with van der Waals surface area (Å²) in [5, 5.41) is 4.33. The number of aromatic nitrogens is 5. The van der Waals surface area contributed by atoms with E-state index in [9.17, 15) is 0 Å². The third-order valence-electron chi connectivity index (χ3n) is 8.94. The second-order valence-electron chi connectivity index (χ2n) is 12.1. The van der Waals surface area contributed by atoms with Crippen molar-refractivity contribution in [2.45, 2.75) is 0 Å². The highest BCUT2D eigenvalue weighted by Crippen LogP contribution is 2.44. The van der Waals surface area contributed by atoms with E-state index in [-0.39, 0.29) is 0 Å². The van der Waals surface area contributed by atoms with Crippen LogP contribution in [0.1, 0.15) is 0 Å². The summed E-state index contributed by atoms with van der Waals surface area (Å²) in [6, 6.07) is 59.7. The normalized spacial score (nSPS) is 11.2. The molecule has 2 heterocycles. The molecular weight excluding hydrogens is 611 g/mol. The van der Waals surface area contributed by atoms with Gasteiger partial charge < -0.3 is 0 Å². The number of hydrogen-bond donors (Lipinski definition) is 0. The lowest BCUT2D eigenvalue weighted by atomic mass is 9.89. The molecule has 0 unspecified atom stereocenters. The average Bonchev–Trinajstić information content (AvgIpc) is 3.21. The number of nitrogens with zero attached hydrogens (tertiary/aromatic N) is 5. The topological polar surface area (TPSA) is 64.5 Å². The first-order chi connectivity index (χ1) is 24.8. The van der Waals surface area contributed by atoms with Crippen molar-refractivity contribution in [3.8, 4) is 68.1 Å². The maximum Gasteiger partial charge on any atom is 0.165 e. The summed E-state index contributed by atoms with van der Waals surface area (Å²) >= 11 is 0. The van der Waals surface area contributed by atoms with E-state index in [1.54, 1.807) is 0 Å². The molecule has 9 rings (SSSR count). The Morgan fingerprint density at radius 1 is 0.240 bits per heavy atom. The Labute approximate surface area is 289 Å². The van der Waals surface area contributed by atoms with Crippen molar-refractivity contribution >= 4 is 21.5 Å². The van der Waals surface area contributed by atoms with Gasteiger partial charge in [-0.1, -0.05) is 170 Å². The molecule has 7 aromatic carbocycles. The van der Waals surface area contributed by atoms with E-state index in [4.69, 9.17) is 24.9 Å². The molecule has 0 saturated heterocycles. The molecule has 234 valence electrons. The first-order valence-electron chi connectivity index (χ1n) is 16.6. The van der Waals surface area contributed by atoms with Crippen LogP contribution in [0.15, 0.2) is 176 Å². The fraction of sp³-hybridized carbons (Fsp3) is 0. The lowest BCUT2D eigenvalue weighted by Gasteiger charge is -2.19. The van der Waals surface area contributed by atoms with E-state index >= 15 is 0 Å². The Balaban J connectivity index is 1.42. The molecule has 0 N–H and O–H groups in total. The van der Waals surface area contributed by atoms with Gasteiger partial charge in [0.1, 0.15) is 0 Å². The molecule has 0 aliphatic heterocycles. The zero-order valence-electron chi connectivity index (χ0n) is 27.0. The van der Waals surface area contributed by atoms with Gasteiger partial charge in [-0.05, 0) is 27.6 Å². The van der Waals surface area contributed by atoms with Crippen molar-refractivity contribution in [1.29, 1.82) is 0 Å². The summed E-state index contributed by atoms with van der Waals surface area (Å²) in [6.45, 7) is 0. The van der Waals surface area contributed by atoms with E-state index < -0.39 is 0 Å². The molecule has 0 saturated carbocycles. The van der Waals surface area contributed by atoms with Crippen LogP contribution in [-0.2, 0) is 0 Å². The monoisotopic (exact) mass is 639 g/mol. The van der Waals surface area contributed by atoms with Gasteiger partial charge in [0, 0.05) is 33.4 Å². The Kier molecular flexibility index (Phi) is 7.41. The lowest BCUT2D eigenvalue weighted by Crippen LogP contribution is -2.03.